The zero-order valence-corrected chi connectivity index (χ0v) is 15.1. The summed E-state index contributed by atoms with van der Waals surface area (Å²) in [7, 11) is 1.56. The van der Waals surface area contributed by atoms with E-state index in [1.165, 1.54) is 12.1 Å². The molecule has 142 valence electrons. The Hall–Kier alpha value is -3.16. The van der Waals surface area contributed by atoms with E-state index < -0.39 is 10.7 Å². The highest BCUT2D eigenvalue weighted by molar-refractivity contribution is 5.95. The van der Waals surface area contributed by atoms with E-state index in [9.17, 15) is 19.3 Å². The number of methoxy groups -OCH3 is 1. The van der Waals surface area contributed by atoms with Crippen molar-refractivity contribution in [1.29, 1.82) is 0 Å². The summed E-state index contributed by atoms with van der Waals surface area (Å²) in [5.41, 5.74) is 1.57. The summed E-state index contributed by atoms with van der Waals surface area (Å²) in [5.74, 6) is -0.00239. The fraction of sp³-hybridized carbons (Fsp3) is 0.316. The van der Waals surface area contributed by atoms with Crippen molar-refractivity contribution in [3.8, 4) is 5.75 Å². The van der Waals surface area contributed by atoms with Crippen molar-refractivity contribution >= 4 is 17.3 Å². The molecule has 3 rings (SSSR count). The fourth-order valence-electron chi connectivity index (χ4n) is 3.19. The van der Waals surface area contributed by atoms with Crippen LogP contribution in [0.5, 0.6) is 5.75 Å². The molecule has 0 unspecified atom stereocenters. The van der Waals surface area contributed by atoms with Crippen LogP contribution >= 0.6 is 0 Å². The predicted molar refractivity (Wildman–Crippen MR) is 98.9 cm³/mol. The minimum Gasteiger partial charge on any atom is -0.496 e. The van der Waals surface area contributed by atoms with E-state index in [2.05, 4.69) is 0 Å². The summed E-state index contributed by atoms with van der Waals surface area (Å²) < 4.78 is 18.8. The van der Waals surface area contributed by atoms with Gasteiger partial charge in [-0.15, -0.1) is 0 Å². The van der Waals surface area contributed by atoms with Gasteiger partial charge in [0, 0.05) is 43.9 Å². The summed E-state index contributed by atoms with van der Waals surface area (Å²) >= 11 is 0. The van der Waals surface area contributed by atoms with Gasteiger partial charge in [-0.3, -0.25) is 14.9 Å². The highest BCUT2D eigenvalue weighted by atomic mass is 19.1. The molecule has 1 heterocycles. The molecule has 0 N–H and O–H groups in total. The number of halogens is 1. The molecule has 8 heteroatoms. The molecular weight excluding hydrogens is 353 g/mol. The third-order valence-corrected chi connectivity index (χ3v) is 4.70. The van der Waals surface area contributed by atoms with Crippen molar-refractivity contribution in [2.45, 2.75) is 6.92 Å². The first kappa shape index (κ1) is 18.6. The number of nitro benzene ring substituents is 1. The molecule has 0 spiro atoms. The first-order chi connectivity index (χ1) is 12.9. The topological polar surface area (TPSA) is 75.9 Å². The number of aryl methyl sites for hydroxylation is 1. The maximum atomic E-state index is 13.6. The van der Waals surface area contributed by atoms with Crippen molar-refractivity contribution in [2.24, 2.45) is 0 Å². The van der Waals surface area contributed by atoms with E-state index in [-0.39, 0.29) is 17.3 Å². The summed E-state index contributed by atoms with van der Waals surface area (Å²) in [5, 5.41) is 11.2. The van der Waals surface area contributed by atoms with Crippen molar-refractivity contribution < 1.29 is 18.8 Å². The molecule has 27 heavy (non-hydrogen) atoms. The van der Waals surface area contributed by atoms with Gasteiger partial charge in [-0.25, -0.2) is 4.39 Å². The van der Waals surface area contributed by atoms with Gasteiger partial charge in [-0.05, 0) is 30.7 Å². The molecule has 1 amide bonds. The van der Waals surface area contributed by atoms with Gasteiger partial charge in [0.2, 0.25) is 0 Å². The first-order valence-corrected chi connectivity index (χ1v) is 8.53. The molecule has 0 radical (unpaired) electrons. The largest absolute Gasteiger partial charge is 0.496 e. The monoisotopic (exact) mass is 373 g/mol. The average molecular weight is 373 g/mol. The van der Waals surface area contributed by atoms with Crippen molar-refractivity contribution in [2.75, 3.05) is 38.2 Å². The van der Waals surface area contributed by atoms with Crippen LogP contribution in [0.15, 0.2) is 36.4 Å². The number of nitro groups is 1. The molecule has 1 aliphatic heterocycles. The third kappa shape index (κ3) is 3.84. The van der Waals surface area contributed by atoms with Crippen molar-refractivity contribution in [3.05, 3.63) is 63.5 Å². The minimum absolute atomic E-state index is 0.123. The number of amides is 1. The second-order valence-electron chi connectivity index (χ2n) is 6.35. The van der Waals surface area contributed by atoms with Crippen LogP contribution in [0.2, 0.25) is 0 Å². The molecule has 0 aromatic heterocycles. The van der Waals surface area contributed by atoms with Crippen molar-refractivity contribution in [1.82, 2.24) is 4.90 Å². The quantitative estimate of drug-likeness (QED) is 0.608. The molecule has 1 saturated heterocycles. The molecular formula is C19H20FN3O4. The van der Waals surface area contributed by atoms with Crippen LogP contribution in [-0.4, -0.2) is 49.0 Å². The number of piperazine rings is 1. The second kappa shape index (κ2) is 7.61. The zero-order chi connectivity index (χ0) is 19.6. The van der Waals surface area contributed by atoms with E-state index in [0.717, 1.165) is 11.6 Å². The van der Waals surface area contributed by atoms with Gasteiger partial charge in [0.15, 0.2) is 0 Å². The normalized spacial score (nSPS) is 14.2. The summed E-state index contributed by atoms with van der Waals surface area (Å²) in [6, 6.07) is 8.71. The fourth-order valence-corrected chi connectivity index (χ4v) is 3.19. The van der Waals surface area contributed by atoms with Crippen molar-refractivity contribution in [3.63, 3.8) is 0 Å². The molecule has 0 saturated carbocycles. The molecule has 0 atom stereocenters. The molecule has 1 aliphatic rings. The van der Waals surface area contributed by atoms with Gasteiger partial charge in [-0.1, -0.05) is 6.07 Å². The molecule has 2 aromatic rings. The molecule has 1 fully saturated rings. The van der Waals surface area contributed by atoms with Crippen LogP contribution in [0.1, 0.15) is 15.9 Å². The second-order valence-corrected chi connectivity index (χ2v) is 6.35. The zero-order valence-electron chi connectivity index (χ0n) is 15.1. The van der Waals surface area contributed by atoms with Crippen LogP contribution in [0, 0.1) is 22.9 Å². The van der Waals surface area contributed by atoms with Gasteiger partial charge in [-0.2, -0.15) is 0 Å². The molecule has 0 bridgehead atoms. The van der Waals surface area contributed by atoms with E-state index in [4.69, 9.17) is 4.74 Å². The maximum absolute atomic E-state index is 13.6. The maximum Gasteiger partial charge on any atom is 0.292 e. The lowest BCUT2D eigenvalue weighted by Crippen LogP contribution is -2.49. The smallest absolute Gasteiger partial charge is 0.292 e. The van der Waals surface area contributed by atoms with Gasteiger partial charge in [0.25, 0.3) is 11.6 Å². The minimum atomic E-state index is -0.527. The number of hydrogen-bond acceptors (Lipinski definition) is 5. The SMILES string of the molecule is COc1cc(C(=O)N2CCN(c3cc(F)ccc3[N+](=O)[O-])CC2)ccc1C. The third-order valence-electron chi connectivity index (χ3n) is 4.70. The lowest BCUT2D eigenvalue weighted by atomic mass is 10.1. The van der Waals surface area contributed by atoms with Crippen LogP contribution in [0.3, 0.4) is 0 Å². The van der Waals surface area contributed by atoms with Gasteiger partial charge in [0.1, 0.15) is 17.3 Å². The molecule has 2 aromatic carbocycles. The highest BCUT2D eigenvalue weighted by Crippen LogP contribution is 2.30. The number of hydrogen-bond donors (Lipinski definition) is 0. The standard InChI is InChI=1S/C19H20FN3O4/c1-13-3-4-14(11-18(13)27-2)19(24)22-9-7-21(8-10-22)17-12-15(20)5-6-16(17)23(25)26/h3-6,11-12H,7-10H2,1-2H3. The summed E-state index contributed by atoms with van der Waals surface area (Å²) in [4.78, 5) is 26.8. The Morgan fingerprint density at radius 2 is 1.85 bits per heavy atom. The van der Waals surface area contributed by atoms with Crippen LogP contribution in [0.4, 0.5) is 15.8 Å². The van der Waals surface area contributed by atoms with E-state index in [1.54, 1.807) is 29.0 Å². The number of anilines is 1. The number of carbonyl (C=O) groups excluding carboxylic acids is 1. The summed E-state index contributed by atoms with van der Waals surface area (Å²) in [6.07, 6.45) is 0. The Morgan fingerprint density at radius 3 is 2.48 bits per heavy atom. The molecule has 0 aliphatic carbocycles. The Bertz CT molecular complexity index is 879. The highest BCUT2D eigenvalue weighted by Gasteiger charge is 2.27. The van der Waals surface area contributed by atoms with E-state index in [1.807, 2.05) is 13.0 Å². The van der Waals surface area contributed by atoms with Crippen LogP contribution in [0.25, 0.3) is 0 Å². The van der Waals surface area contributed by atoms with Gasteiger partial charge >= 0.3 is 0 Å². The van der Waals surface area contributed by atoms with Crippen LogP contribution < -0.4 is 9.64 Å². The predicted octanol–water partition coefficient (Wildman–Crippen LogP) is 3.01. The average Bonchev–Trinajstić information content (AvgIpc) is 2.67. The van der Waals surface area contributed by atoms with E-state index >= 15 is 0 Å². The van der Waals surface area contributed by atoms with E-state index in [0.29, 0.717) is 37.5 Å². The first-order valence-electron chi connectivity index (χ1n) is 8.53. The lowest BCUT2D eigenvalue weighted by molar-refractivity contribution is -0.384. The Kier molecular flexibility index (Phi) is 5.25. The number of benzene rings is 2. The Balaban J connectivity index is 1.73. The lowest BCUT2D eigenvalue weighted by Gasteiger charge is -2.35. The summed E-state index contributed by atoms with van der Waals surface area (Å²) in [6.45, 7) is 3.46. The Morgan fingerprint density at radius 1 is 1.15 bits per heavy atom. The van der Waals surface area contributed by atoms with Gasteiger partial charge < -0.3 is 14.5 Å². The Labute approximate surface area is 156 Å². The number of ether oxygens (including phenoxy) is 1. The van der Waals surface area contributed by atoms with Gasteiger partial charge in [0.05, 0.1) is 12.0 Å². The number of rotatable bonds is 4. The molecule has 7 nitrogen and oxygen atoms in total. The number of carbonyl (C=O) groups is 1. The number of nitrogens with zero attached hydrogens (tertiary/aromatic N) is 3. The van der Waals surface area contributed by atoms with Crippen LogP contribution in [-0.2, 0) is 0 Å².